The number of nitrogen functional groups attached to an aromatic ring is 1. The number of carbonyl (C=O) groups excluding carboxylic acids is 1. The molecule has 1 aliphatic heterocycles. The van der Waals surface area contributed by atoms with Gasteiger partial charge in [0, 0.05) is 21.4 Å². The molecule has 0 fully saturated rings. The van der Waals surface area contributed by atoms with Crippen molar-refractivity contribution in [2.75, 3.05) is 10.6 Å². The van der Waals surface area contributed by atoms with Gasteiger partial charge in [-0.1, -0.05) is 40.2 Å². The number of nitrogens with zero attached hydrogens (tertiary/aromatic N) is 1. The molecule has 1 amide bonds. The largest absolute Gasteiger partial charge is 0.398 e. The highest BCUT2D eigenvalue weighted by atomic mass is 79.9. The van der Waals surface area contributed by atoms with E-state index in [-0.39, 0.29) is 5.91 Å². The summed E-state index contributed by atoms with van der Waals surface area (Å²) < 4.78 is 0.928. The predicted molar refractivity (Wildman–Crippen MR) is 89.2 cm³/mol. The average molecular weight is 345 g/mol. The van der Waals surface area contributed by atoms with E-state index in [1.807, 2.05) is 61.2 Å². The van der Waals surface area contributed by atoms with E-state index in [4.69, 9.17) is 5.73 Å². The van der Waals surface area contributed by atoms with Crippen molar-refractivity contribution in [2.45, 2.75) is 25.8 Å². The highest BCUT2D eigenvalue weighted by molar-refractivity contribution is 9.10. The van der Waals surface area contributed by atoms with Crippen molar-refractivity contribution < 1.29 is 4.79 Å². The summed E-state index contributed by atoms with van der Waals surface area (Å²) in [5, 5.41) is 0. The minimum absolute atomic E-state index is 0.110. The van der Waals surface area contributed by atoms with Gasteiger partial charge in [-0.3, -0.25) is 4.79 Å². The minimum atomic E-state index is -0.493. The monoisotopic (exact) mass is 344 g/mol. The van der Waals surface area contributed by atoms with Crippen molar-refractivity contribution in [3.05, 3.63) is 58.1 Å². The van der Waals surface area contributed by atoms with Gasteiger partial charge in [-0.15, -0.1) is 0 Å². The van der Waals surface area contributed by atoms with Crippen LogP contribution in [0.1, 0.15) is 25.0 Å². The van der Waals surface area contributed by atoms with Crippen LogP contribution in [0.25, 0.3) is 0 Å². The molecule has 21 heavy (non-hydrogen) atoms. The molecule has 1 heterocycles. The van der Waals surface area contributed by atoms with E-state index >= 15 is 0 Å². The summed E-state index contributed by atoms with van der Waals surface area (Å²) in [7, 11) is 0. The summed E-state index contributed by atoms with van der Waals surface area (Å²) >= 11 is 3.52. The molecule has 3 nitrogen and oxygen atoms in total. The first-order valence-corrected chi connectivity index (χ1v) is 7.66. The minimum Gasteiger partial charge on any atom is -0.398 e. The van der Waals surface area contributed by atoms with E-state index in [9.17, 15) is 4.79 Å². The molecule has 0 radical (unpaired) electrons. The lowest BCUT2D eigenvalue weighted by molar-refractivity contribution is -0.122. The van der Waals surface area contributed by atoms with Crippen molar-refractivity contribution in [3.8, 4) is 0 Å². The van der Waals surface area contributed by atoms with Gasteiger partial charge in [-0.25, -0.2) is 0 Å². The SMILES string of the molecule is CC1(C)C(=O)N(Cc2c(N)cccc2Br)c2ccccc21. The zero-order valence-electron chi connectivity index (χ0n) is 12.1. The van der Waals surface area contributed by atoms with Gasteiger partial charge in [0.25, 0.3) is 0 Å². The number of benzene rings is 2. The van der Waals surface area contributed by atoms with Crippen molar-refractivity contribution in [1.29, 1.82) is 0 Å². The lowest BCUT2D eigenvalue weighted by Crippen LogP contribution is -2.36. The number of carbonyl (C=O) groups is 1. The van der Waals surface area contributed by atoms with Gasteiger partial charge >= 0.3 is 0 Å². The average Bonchev–Trinajstić information content (AvgIpc) is 2.64. The molecular weight excluding hydrogens is 328 g/mol. The maximum absolute atomic E-state index is 12.8. The predicted octanol–water partition coefficient (Wildman–Crippen LogP) is 3.86. The Hall–Kier alpha value is -1.81. The van der Waals surface area contributed by atoms with Gasteiger partial charge in [0.15, 0.2) is 0 Å². The van der Waals surface area contributed by atoms with Crippen LogP contribution in [-0.4, -0.2) is 5.91 Å². The van der Waals surface area contributed by atoms with Crippen molar-refractivity contribution in [1.82, 2.24) is 0 Å². The molecule has 0 spiro atoms. The van der Waals surface area contributed by atoms with E-state index in [0.717, 1.165) is 21.3 Å². The maximum Gasteiger partial charge on any atom is 0.237 e. The third-order valence-corrected chi connectivity index (χ3v) is 4.86. The van der Waals surface area contributed by atoms with E-state index < -0.39 is 5.41 Å². The van der Waals surface area contributed by atoms with E-state index in [1.54, 1.807) is 0 Å². The van der Waals surface area contributed by atoms with Crippen LogP contribution in [0.2, 0.25) is 0 Å². The van der Waals surface area contributed by atoms with Crippen LogP contribution in [-0.2, 0) is 16.8 Å². The summed E-state index contributed by atoms with van der Waals surface area (Å²) in [6.07, 6.45) is 0. The fraction of sp³-hybridized carbons (Fsp3) is 0.235. The molecule has 0 aromatic heterocycles. The number of rotatable bonds is 2. The molecule has 0 aliphatic carbocycles. The van der Waals surface area contributed by atoms with Gasteiger partial charge in [0.05, 0.1) is 12.0 Å². The van der Waals surface area contributed by atoms with Crippen LogP contribution >= 0.6 is 15.9 Å². The Morgan fingerprint density at radius 3 is 2.57 bits per heavy atom. The Morgan fingerprint density at radius 2 is 1.86 bits per heavy atom. The molecule has 108 valence electrons. The molecule has 2 aromatic rings. The Morgan fingerprint density at radius 1 is 1.14 bits per heavy atom. The topological polar surface area (TPSA) is 46.3 Å². The van der Waals surface area contributed by atoms with E-state index in [0.29, 0.717) is 12.2 Å². The van der Waals surface area contributed by atoms with Crippen molar-refractivity contribution >= 4 is 33.2 Å². The number of para-hydroxylation sites is 1. The van der Waals surface area contributed by atoms with E-state index in [2.05, 4.69) is 15.9 Å². The molecule has 2 aromatic carbocycles. The Labute approximate surface area is 132 Å². The first-order chi connectivity index (χ1) is 9.93. The molecule has 2 N–H and O–H groups in total. The van der Waals surface area contributed by atoms with Crippen molar-refractivity contribution in [3.63, 3.8) is 0 Å². The zero-order chi connectivity index (χ0) is 15.2. The van der Waals surface area contributed by atoms with Crippen LogP contribution in [0, 0.1) is 0 Å². The fourth-order valence-corrected chi connectivity index (χ4v) is 3.36. The molecule has 3 rings (SSSR count). The maximum atomic E-state index is 12.8. The number of hydrogen-bond acceptors (Lipinski definition) is 2. The summed E-state index contributed by atoms with van der Waals surface area (Å²) in [5.41, 5.74) is 9.25. The third-order valence-electron chi connectivity index (χ3n) is 4.12. The lowest BCUT2D eigenvalue weighted by Gasteiger charge is -2.22. The normalized spacial score (nSPS) is 16.1. The highest BCUT2D eigenvalue weighted by Gasteiger charge is 2.43. The van der Waals surface area contributed by atoms with Gasteiger partial charge in [0.1, 0.15) is 0 Å². The molecular formula is C17H17BrN2O. The molecule has 1 aliphatic rings. The Kier molecular flexibility index (Phi) is 3.29. The highest BCUT2D eigenvalue weighted by Crippen LogP contribution is 2.42. The van der Waals surface area contributed by atoms with Crippen LogP contribution in [0.4, 0.5) is 11.4 Å². The van der Waals surface area contributed by atoms with Gasteiger partial charge < -0.3 is 10.6 Å². The third kappa shape index (κ3) is 2.14. The zero-order valence-corrected chi connectivity index (χ0v) is 13.6. The Balaban J connectivity index is 2.06. The first-order valence-electron chi connectivity index (χ1n) is 6.87. The summed E-state index contributed by atoms with van der Waals surface area (Å²) in [5.74, 6) is 0.110. The molecule has 0 saturated carbocycles. The lowest BCUT2D eigenvalue weighted by atomic mass is 9.86. The number of amides is 1. The standard InChI is InChI=1S/C17H17BrN2O/c1-17(2)12-6-3-4-9-15(12)20(16(17)21)10-11-13(18)7-5-8-14(11)19/h3-9H,10,19H2,1-2H3. The molecule has 0 atom stereocenters. The van der Waals surface area contributed by atoms with Crippen LogP contribution in [0.15, 0.2) is 46.9 Å². The summed E-state index contributed by atoms with van der Waals surface area (Å²) in [6, 6.07) is 13.7. The second-order valence-corrected chi connectivity index (χ2v) is 6.70. The van der Waals surface area contributed by atoms with E-state index in [1.165, 1.54) is 0 Å². The fourth-order valence-electron chi connectivity index (χ4n) is 2.86. The van der Waals surface area contributed by atoms with Crippen LogP contribution < -0.4 is 10.6 Å². The van der Waals surface area contributed by atoms with Crippen LogP contribution in [0.5, 0.6) is 0 Å². The summed E-state index contributed by atoms with van der Waals surface area (Å²) in [6.45, 7) is 4.42. The quantitative estimate of drug-likeness (QED) is 0.841. The molecule has 0 unspecified atom stereocenters. The second kappa shape index (κ2) is 4.88. The first kappa shape index (κ1) is 14.1. The number of fused-ring (bicyclic) bond motifs is 1. The number of hydrogen-bond donors (Lipinski definition) is 1. The smallest absolute Gasteiger partial charge is 0.237 e. The second-order valence-electron chi connectivity index (χ2n) is 5.84. The van der Waals surface area contributed by atoms with Crippen LogP contribution in [0.3, 0.4) is 0 Å². The number of anilines is 2. The van der Waals surface area contributed by atoms with Gasteiger partial charge in [-0.05, 0) is 37.6 Å². The summed E-state index contributed by atoms with van der Waals surface area (Å²) in [4.78, 5) is 14.6. The molecule has 0 bridgehead atoms. The number of halogens is 1. The molecule has 4 heteroatoms. The van der Waals surface area contributed by atoms with Gasteiger partial charge in [-0.2, -0.15) is 0 Å². The number of nitrogens with two attached hydrogens (primary N) is 1. The Bertz CT molecular complexity index is 704. The van der Waals surface area contributed by atoms with Crippen molar-refractivity contribution in [2.24, 2.45) is 0 Å². The van der Waals surface area contributed by atoms with Gasteiger partial charge in [0.2, 0.25) is 5.91 Å². The molecule has 0 saturated heterocycles.